The lowest BCUT2D eigenvalue weighted by molar-refractivity contribution is -0.137. The van der Waals surface area contributed by atoms with Crippen molar-refractivity contribution in [1.82, 2.24) is 0 Å². The maximum absolute atomic E-state index is 13.1. The highest BCUT2D eigenvalue weighted by Crippen LogP contribution is 2.38. The molecule has 0 atom stereocenters. The van der Waals surface area contributed by atoms with Crippen LogP contribution in [0.25, 0.3) is 0 Å². The molecule has 140 valence electrons. The van der Waals surface area contributed by atoms with Gasteiger partial charge in [0.05, 0.1) is 16.9 Å². The quantitative estimate of drug-likeness (QED) is 0.552. The second kappa shape index (κ2) is 6.64. The van der Waals surface area contributed by atoms with E-state index in [0.717, 1.165) is 12.1 Å². The fraction of sp³-hybridized carbons (Fsp3) is 0.0909. The number of rotatable bonds is 2. The van der Waals surface area contributed by atoms with Crippen LogP contribution in [0.5, 0.6) is 0 Å². The molecular formula is C22H15F3N2O. The van der Waals surface area contributed by atoms with E-state index < -0.39 is 11.7 Å². The zero-order chi connectivity index (χ0) is 19.9. The lowest BCUT2D eigenvalue weighted by atomic mass is 10.1. The fourth-order valence-corrected chi connectivity index (χ4v) is 3.17. The van der Waals surface area contributed by atoms with Crippen LogP contribution in [0.1, 0.15) is 16.7 Å². The monoisotopic (exact) mass is 380 g/mol. The standard InChI is InChI=1S/C22H15F3N2O/c1-14-11-12-15(22(23,24)25)13-18(14)26-20-17-9-5-6-10-19(17)27(21(20)28)16-7-3-2-4-8-16/h2-13H,1H3/b26-20+. The molecule has 1 heterocycles. The van der Waals surface area contributed by atoms with Gasteiger partial charge in [-0.25, -0.2) is 4.99 Å². The van der Waals surface area contributed by atoms with E-state index in [0.29, 0.717) is 22.5 Å². The summed E-state index contributed by atoms with van der Waals surface area (Å²) >= 11 is 0. The largest absolute Gasteiger partial charge is 0.416 e. The predicted octanol–water partition coefficient (Wildman–Crippen LogP) is 5.81. The van der Waals surface area contributed by atoms with Crippen LogP contribution in [-0.4, -0.2) is 11.6 Å². The van der Waals surface area contributed by atoms with Crippen LogP contribution in [0.4, 0.5) is 30.2 Å². The van der Waals surface area contributed by atoms with Crippen LogP contribution in [0.3, 0.4) is 0 Å². The average molecular weight is 380 g/mol. The molecule has 0 radical (unpaired) electrons. The summed E-state index contributed by atoms with van der Waals surface area (Å²) in [6.45, 7) is 1.67. The van der Waals surface area contributed by atoms with Gasteiger partial charge in [-0.1, -0.05) is 42.5 Å². The lowest BCUT2D eigenvalue weighted by Gasteiger charge is -2.16. The number of hydrogen-bond donors (Lipinski definition) is 0. The van der Waals surface area contributed by atoms with E-state index in [9.17, 15) is 18.0 Å². The maximum Gasteiger partial charge on any atom is 0.416 e. The molecule has 3 aromatic carbocycles. The Morgan fingerprint density at radius 3 is 2.29 bits per heavy atom. The maximum atomic E-state index is 13.1. The molecule has 3 nitrogen and oxygen atoms in total. The summed E-state index contributed by atoms with van der Waals surface area (Å²) in [4.78, 5) is 19.0. The van der Waals surface area contributed by atoms with E-state index in [4.69, 9.17) is 0 Å². The van der Waals surface area contributed by atoms with Gasteiger partial charge in [0.1, 0.15) is 5.71 Å². The van der Waals surface area contributed by atoms with Crippen molar-refractivity contribution < 1.29 is 18.0 Å². The summed E-state index contributed by atoms with van der Waals surface area (Å²) < 4.78 is 39.3. The van der Waals surface area contributed by atoms with Crippen molar-refractivity contribution in [3.8, 4) is 0 Å². The Balaban J connectivity index is 1.86. The minimum atomic E-state index is -4.48. The average Bonchev–Trinajstić information content (AvgIpc) is 2.95. The SMILES string of the molecule is Cc1ccc(C(F)(F)F)cc1/N=C1/C(=O)N(c2ccccc2)c2ccccc21. The molecule has 0 aliphatic carbocycles. The molecule has 1 aliphatic heterocycles. The van der Waals surface area contributed by atoms with Crippen molar-refractivity contribution in [3.63, 3.8) is 0 Å². The van der Waals surface area contributed by atoms with Crippen molar-refractivity contribution >= 4 is 28.7 Å². The van der Waals surface area contributed by atoms with Crippen molar-refractivity contribution in [2.24, 2.45) is 4.99 Å². The topological polar surface area (TPSA) is 32.7 Å². The Morgan fingerprint density at radius 2 is 1.57 bits per heavy atom. The number of para-hydroxylation sites is 2. The molecule has 0 fully saturated rings. The summed E-state index contributed by atoms with van der Waals surface area (Å²) in [5, 5.41) is 0. The number of carbonyl (C=O) groups excluding carboxylic acids is 1. The summed E-state index contributed by atoms with van der Waals surface area (Å²) in [5.74, 6) is -0.371. The predicted molar refractivity (Wildman–Crippen MR) is 102 cm³/mol. The van der Waals surface area contributed by atoms with Crippen LogP contribution in [0.15, 0.2) is 77.8 Å². The number of fused-ring (bicyclic) bond motifs is 1. The number of alkyl halides is 3. The summed E-state index contributed by atoms with van der Waals surface area (Å²) in [6.07, 6.45) is -4.48. The zero-order valence-corrected chi connectivity index (χ0v) is 14.9. The molecule has 4 rings (SSSR count). The van der Waals surface area contributed by atoms with Gasteiger partial charge < -0.3 is 0 Å². The summed E-state index contributed by atoms with van der Waals surface area (Å²) in [5.41, 5.74) is 1.94. The lowest BCUT2D eigenvalue weighted by Crippen LogP contribution is -2.25. The summed E-state index contributed by atoms with van der Waals surface area (Å²) in [7, 11) is 0. The highest BCUT2D eigenvalue weighted by Gasteiger charge is 2.35. The van der Waals surface area contributed by atoms with Crippen LogP contribution < -0.4 is 4.90 Å². The number of benzene rings is 3. The first-order valence-electron chi connectivity index (χ1n) is 8.62. The third-order valence-electron chi connectivity index (χ3n) is 4.59. The van der Waals surface area contributed by atoms with Crippen LogP contribution in [-0.2, 0) is 11.0 Å². The van der Waals surface area contributed by atoms with Crippen molar-refractivity contribution in [1.29, 1.82) is 0 Å². The molecule has 0 saturated carbocycles. The van der Waals surface area contributed by atoms with E-state index in [-0.39, 0.29) is 17.3 Å². The van der Waals surface area contributed by atoms with E-state index in [1.54, 1.807) is 43.3 Å². The van der Waals surface area contributed by atoms with E-state index in [2.05, 4.69) is 4.99 Å². The van der Waals surface area contributed by atoms with E-state index >= 15 is 0 Å². The first-order chi connectivity index (χ1) is 13.4. The number of carbonyl (C=O) groups is 1. The first kappa shape index (κ1) is 18.0. The van der Waals surface area contributed by atoms with Gasteiger partial charge in [0, 0.05) is 11.3 Å². The van der Waals surface area contributed by atoms with Crippen LogP contribution in [0, 0.1) is 6.92 Å². The van der Waals surface area contributed by atoms with Crippen LogP contribution >= 0.6 is 0 Å². The van der Waals surface area contributed by atoms with E-state index in [1.807, 2.05) is 18.2 Å². The van der Waals surface area contributed by atoms with Gasteiger partial charge in [0.2, 0.25) is 0 Å². The van der Waals surface area contributed by atoms with E-state index in [1.165, 1.54) is 11.0 Å². The van der Waals surface area contributed by atoms with Gasteiger partial charge in [-0.3, -0.25) is 9.69 Å². The van der Waals surface area contributed by atoms with Gasteiger partial charge in [-0.15, -0.1) is 0 Å². The smallest absolute Gasteiger partial charge is 0.275 e. The molecule has 1 aliphatic rings. The Morgan fingerprint density at radius 1 is 0.893 bits per heavy atom. The highest BCUT2D eigenvalue weighted by molar-refractivity contribution is 6.56. The first-order valence-corrected chi connectivity index (χ1v) is 8.62. The molecular weight excluding hydrogens is 365 g/mol. The van der Waals surface area contributed by atoms with Crippen molar-refractivity contribution in [3.05, 3.63) is 89.5 Å². The van der Waals surface area contributed by atoms with Gasteiger partial charge >= 0.3 is 6.18 Å². The van der Waals surface area contributed by atoms with Gasteiger partial charge in [0.15, 0.2) is 0 Å². The highest BCUT2D eigenvalue weighted by atomic mass is 19.4. The Labute approximate surface area is 159 Å². The minimum Gasteiger partial charge on any atom is -0.275 e. The molecule has 0 bridgehead atoms. The molecule has 1 amide bonds. The van der Waals surface area contributed by atoms with Crippen molar-refractivity contribution in [2.75, 3.05) is 4.90 Å². The normalized spacial score (nSPS) is 15.2. The molecule has 28 heavy (non-hydrogen) atoms. The Kier molecular flexibility index (Phi) is 4.26. The van der Waals surface area contributed by atoms with Crippen LogP contribution in [0.2, 0.25) is 0 Å². The number of aliphatic imine (C=N–C) groups is 1. The second-order valence-electron chi connectivity index (χ2n) is 6.45. The zero-order valence-electron chi connectivity index (χ0n) is 14.9. The Bertz CT molecular complexity index is 1090. The molecule has 0 spiro atoms. The third-order valence-corrected chi connectivity index (χ3v) is 4.59. The number of halogens is 3. The number of anilines is 2. The minimum absolute atomic E-state index is 0.127. The van der Waals surface area contributed by atoms with Crippen molar-refractivity contribution in [2.45, 2.75) is 13.1 Å². The number of hydrogen-bond acceptors (Lipinski definition) is 2. The number of aryl methyl sites for hydroxylation is 1. The molecule has 0 saturated heterocycles. The molecule has 0 unspecified atom stereocenters. The van der Waals surface area contributed by atoms with Gasteiger partial charge in [-0.05, 0) is 42.8 Å². The van der Waals surface area contributed by atoms with Gasteiger partial charge in [-0.2, -0.15) is 13.2 Å². The molecule has 6 heteroatoms. The fourth-order valence-electron chi connectivity index (χ4n) is 3.17. The Hall–Kier alpha value is -3.41. The third kappa shape index (κ3) is 3.07. The number of nitrogens with zero attached hydrogens (tertiary/aromatic N) is 2. The molecule has 0 N–H and O–H groups in total. The summed E-state index contributed by atoms with van der Waals surface area (Å²) in [6, 6.07) is 19.5. The number of amides is 1. The molecule has 3 aromatic rings. The van der Waals surface area contributed by atoms with Gasteiger partial charge in [0.25, 0.3) is 5.91 Å². The molecule has 0 aromatic heterocycles. The second-order valence-corrected chi connectivity index (χ2v) is 6.45.